The highest BCUT2D eigenvalue weighted by molar-refractivity contribution is 5.77. The minimum absolute atomic E-state index is 0.00521. The summed E-state index contributed by atoms with van der Waals surface area (Å²) in [6.45, 7) is 5.19. The lowest BCUT2D eigenvalue weighted by atomic mass is 10.2. The first-order valence-corrected chi connectivity index (χ1v) is 9.03. The Morgan fingerprint density at radius 1 is 1.04 bits per heavy atom. The van der Waals surface area contributed by atoms with Gasteiger partial charge in [0, 0.05) is 0 Å². The molecule has 3 aromatic rings. The van der Waals surface area contributed by atoms with Crippen LogP contribution < -0.4 is 10.9 Å². The maximum absolute atomic E-state index is 13.1. The molecule has 0 aliphatic heterocycles. The highest BCUT2D eigenvalue weighted by Gasteiger charge is 2.17. The Labute approximate surface area is 148 Å². The molecule has 0 aliphatic carbocycles. The standard InChI is InChI=1S/C21H25N3O/c1-3-4-10-15-22-16(2)20-23-19-14-9-8-13-18(19)21(25)24(20)17-11-6-5-7-12-17/h5-9,11-14,16,22H,3-4,10,15H2,1-2H3/t16-/m0/s1. The maximum atomic E-state index is 13.1. The van der Waals surface area contributed by atoms with Gasteiger partial charge in [-0.25, -0.2) is 4.98 Å². The van der Waals surface area contributed by atoms with E-state index in [-0.39, 0.29) is 11.6 Å². The van der Waals surface area contributed by atoms with Crippen LogP contribution in [0.25, 0.3) is 16.6 Å². The van der Waals surface area contributed by atoms with E-state index in [4.69, 9.17) is 4.98 Å². The SMILES string of the molecule is CCCCCN[C@@H](C)c1nc2ccccc2c(=O)n1-c1ccccc1. The first-order chi connectivity index (χ1) is 12.2. The van der Waals surface area contributed by atoms with Crippen molar-refractivity contribution < 1.29 is 0 Å². The second-order valence-corrected chi connectivity index (χ2v) is 6.35. The van der Waals surface area contributed by atoms with Crippen LogP contribution in [-0.4, -0.2) is 16.1 Å². The summed E-state index contributed by atoms with van der Waals surface area (Å²) in [4.78, 5) is 17.9. The molecule has 4 heteroatoms. The van der Waals surface area contributed by atoms with Crippen molar-refractivity contribution in [3.05, 3.63) is 70.8 Å². The van der Waals surface area contributed by atoms with Crippen LogP contribution in [-0.2, 0) is 0 Å². The number of aromatic nitrogens is 2. The van der Waals surface area contributed by atoms with Gasteiger partial charge < -0.3 is 5.32 Å². The number of benzene rings is 2. The Hall–Kier alpha value is -2.46. The van der Waals surface area contributed by atoms with Crippen molar-refractivity contribution in [2.75, 3.05) is 6.54 Å². The number of nitrogens with one attached hydrogen (secondary N) is 1. The molecule has 1 N–H and O–H groups in total. The van der Waals surface area contributed by atoms with Gasteiger partial charge >= 0.3 is 0 Å². The lowest BCUT2D eigenvalue weighted by molar-refractivity contribution is 0.513. The minimum Gasteiger partial charge on any atom is -0.308 e. The molecular weight excluding hydrogens is 310 g/mol. The van der Waals surface area contributed by atoms with Gasteiger partial charge in [0.05, 0.1) is 22.6 Å². The summed E-state index contributed by atoms with van der Waals surface area (Å²) in [5, 5.41) is 4.16. The fourth-order valence-corrected chi connectivity index (χ4v) is 3.05. The van der Waals surface area contributed by atoms with Crippen molar-refractivity contribution in [3.63, 3.8) is 0 Å². The highest BCUT2D eigenvalue weighted by atomic mass is 16.1. The number of unbranched alkanes of at least 4 members (excludes halogenated alkanes) is 2. The fourth-order valence-electron chi connectivity index (χ4n) is 3.05. The Balaban J connectivity index is 2.07. The third-order valence-corrected chi connectivity index (χ3v) is 4.43. The number of hydrogen-bond donors (Lipinski definition) is 1. The summed E-state index contributed by atoms with van der Waals surface area (Å²) in [5.74, 6) is 0.756. The monoisotopic (exact) mass is 335 g/mol. The minimum atomic E-state index is -0.0194. The van der Waals surface area contributed by atoms with Crippen molar-refractivity contribution in [2.24, 2.45) is 0 Å². The zero-order chi connectivity index (χ0) is 17.6. The molecule has 0 fully saturated rings. The maximum Gasteiger partial charge on any atom is 0.266 e. The van der Waals surface area contributed by atoms with Gasteiger partial charge in [-0.15, -0.1) is 0 Å². The number of fused-ring (bicyclic) bond motifs is 1. The van der Waals surface area contributed by atoms with Crippen LogP contribution in [0, 0.1) is 0 Å². The summed E-state index contributed by atoms with van der Waals surface area (Å²) in [5.41, 5.74) is 1.58. The van der Waals surface area contributed by atoms with Crippen molar-refractivity contribution in [1.82, 2.24) is 14.9 Å². The Morgan fingerprint density at radius 2 is 1.76 bits per heavy atom. The molecule has 1 aromatic heterocycles. The van der Waals surface area contributed by atoms with Gasteiger partial charge in [0.1, 0.15) is 5.82 Å². The molecule has 1 heterocycles. The summed E-state index contributed by atoms with van der Waals surface area (Å²) >= 11 is 0. The van der Waals surface area contributed by atoms with E-state index < -0.39 is 0 Å². The van der Waals surface area contributed by atoms with Crippen LogP contribution in [0.1, 0.15) is 45.0 Å². The average molecular weight is 335 g/mol. The molecular formula is C21H25N3O. The summed E-state index contributed by atoms with van der Waals surface area (Å²) in [7, 11) is 0. The molecule has 2 aromatic carbocycles. The van der Waals surface area contributed by atoms with E-state index >= 15 is 0 Å². The van der Waals surface area contributed by atoms with E-state index in [1.165, 1.54) is 12.8 Å². The van der Waals surface area contributed by atoms with E-state index in [0.717, 1.165) is 30.0 Å². The molecule has 130 valence electrons. The second kappa shape index (κ2) is 8.08. The summed E-state index contributed by atoms with van der Waals surface area (Å²) in [6, 6.07) is 17.3. The first kappa shape index (κ1) is 17.4. The van der Waals surface area contributed by atoms with E-state index in [1.54, 1.807) is 4.57 Å². The van der Waals surface area contributed by atoms with Gasteiger partial charge in [0.2, 0.25) is 0 Å². The zero-order valence-electron chi connectivity index (χ0n) is 14.9. The van der Waals surface area contributed by atoms with E-state index in [0.29, 0.717) is 5.39 Å². The van der Waals surface area contributed by atoms with Gasteiger partial charge in [-0.1, -0.05) is 50.1 Å². The van der Waals surface area contributed by atoms with Crippen molar-refractivity contribution in [1.29, 1.82) is 0 Å². The predicted octanol–water partition coefficient (Wildman–Crippen LogP) is 4.23. The van der Waals surface area contributed by atoms with Gasteiger partial charge in [0.15, 0.2) is 0 Å². The van der Waals surface area contributed by atoms with Crippen LogP contribution >= 0.6 is 0 Å². The highest BCUT2D eigenvalue weighted by Crippen LogP contribution is 2.17. The van der Waals surface area contributed by atoms with Crippen LogP contribution in [0.2, 0.25) is 0 Å². The van der Waals surface area contributed by atoms with Gasteiger partial charge in [-0.2, -0.15) is 0 Å². The van der Waals surface area contributed by atoms with Crippen LogP contribution in [0.4, 0.5) is 0 Å². The largest absolute Gasteiger partial charge is 0.308 e. The lowest BCUT2D eigenvalue weighted by Gasteiger charge is -2.19. The Kier molecular flexibility index (Phi) is 5.61. The number of hydrogen-bond acceptors (Lipinski definition) is 3. The fraction of sp³-hybridized carbons (Fsp3) is 0.333. The second-order valence-electron chi connectivity index (χ2n) is 6.35. The van der Waals surface area contributed by atoms with E-state index in [2.05, 4.69) is 19.2 Å². The topological polar surface area (TPSA) is 46.9 Å². The zero-order valence-corrected chi connectivity index (χ0v) is 14.9. The molecule has 0 unspecified atom stereocenters. The van der Waals surface area contributed by atoms with Crippen LogP contribution in [0.5, 0.6) is 0 Å². The summed E-state index contributed by atoms with van der Waals surface area (Å²) in [6.07, 6.45) is 3.53. The quantitative estimate of drug-likeness (QED) is 0.657. The van der Waals surface area contributed by atoms with E-state index in [9.17, 15) is 4.79 Å². The third kappa shape index (κ3) is 3.80. The normalized spacial score (nSPS) is 12.4. The average Bonchev–Trinajstić information content (AvgIpc) is 2.65. The molecule has 0 amide bonds. The molecule has 3 rings (SSSR count). The number of rotatable bonds is 7. The molecule has 1 atom stereocenters. The first-order valence-electron chi connectivity index (χ1n) is 9.03. The molecule has 0 saturated heterocycles. The molecule has 4 nitrogen and oxygen atoms in total. The number of nitrogens with zero attached hydrogens (tertiary/aromatic N) is 2. The molecule has 0 spiro atoms. The molecule has 0 aliphatic rings. The molecule has 0 radical (unpaired) electrons. The Morgan fingerprint density at radius 3 is 2.52 bits per heavy atom. The number of para-hydroxylation sites is 2. The molecule has 0 bridgehead atoms. The molecule has 25 heavy (non-hydrogen) atoms. The lowest BCUT2D eigenvalue weighted by Crippen LogP contribution is -2.30. The van der Waals surface area contributed by atoms with Crippen LogP contribution in [0.15, 0.2) is 59.4 Å². The van der Waals surface area contributed by atoms with Gasteiger partial charge in [0.25, 0.3) is 5.56 Å². The third-order valence-electron chi connectivity index (χ3n) is 4.43. The van der Waals surface area contributed by atoms with Crippen molar-refractivity contribution >= 4 is 10.9 Å². The summed E-state index contributed by atoms with van der Waals surface area (Å²) < 4.78 is 1.74. The van der Waals surface area contributed by atoms with Crippen molar-refractivity contribution in [2.45, 2.75) is 39.2 Å². The molecule has 0 saturated carbocycles. The predicted molar refractivity (Wildman–Crippen MR) is 103 cm³/mol. The van der Waals surface area contributed by atoms with Gasteiger partial charge in [-0.3, -0.25) is 9.36 Å². The smallest absolute Gasteiger partial charge is 0.266 e. The van der Waals surface area contributed by atoms with Crippen molar-refractivity contribution in [3.8, 4) is 5.69 Å². The van der Waals surface area contributed by atoms with Gasteiger partial charge in [-0.05, 0) is 44.2 Å². The van der Waals surface area contributed by atoms with Crippen LogP contribution in [0.3, 0.4) is 0 Å². The van der Waals surface area contributed by atoms with E-state index in [1.807, 2.05) is 54.6 Å². The Bertz CT molecular complexity index is 887.